The number of fused-ring (bicyclic) bond motifs is 1. The van der Waals surface area contributed by atoms with E-state index < -0.39 is 30.6 Å². The van der Waals surface area contributed by atoms with Crippen molar-refractivity contribution in [3.05, 3.63) is 161 Å². The van der Waals surface area contributed by atoms with Crippen LogP contribution < -0.4 is 0 Å². The Hall–Kier alpha value is -4.48. The summed E-state index contributed by atoms with van der Waals surface area (Å²) in [5.74, 6) is 0. The highest BCUT2D eigenvalue weighted by molar-refractivity contribution is 6.33. The fourth-order valence-electron chi connectivity index (χ4n) is 6.18. The number of rotatable bonds is 14. The van der Waals surface area contributed by atoms with Crippen molar-refractivity contribution in [3.8, 4) is 0 Å². The van der Waals surface area contributed by atoms with E-state index in [0.29, 0.717) is 44.0 Å². The molecule has 1 saturated heterocycles. The largest absolute Gasteiger partial charge is 0.374 e. The summed E-state index contributed by atoms with van der Waals surface area (Å²) < 4.78 is 35.8. The fraction of sp³-hybridized carbons (Fsp3) is 0.275. The first-order valence-corrected chi connectivity index (χ1v) is 17.2. The minimum Gasteiger partial charge on any atom is -0.374 e. The normalized spacial score (nSPS) is 20.9. The van der Waals surface area contributed by atoms with Gasteiger partial charge in [-0.1, -0.05) is 133 Å². The molecule has 4 aromatic carbocycles. The average molecular weight is 691 g/mol. The number of hydrogen-bond acceptors (Lipinski definition) is 8. The quantitative estimate of drug-likeness (QED) is 0.107. The van der Waals surface area contributed by atoms with E-state index in [4.69, 9.17) is 35.3 Å². The Kier molecular flexibility index (Phi) is 11.5. The van der Waals surface area contributed by atoms with Gasteiger partial charge < -0.3 is 23.7 Å². The summed E-state index contributed by atoms with van der Waals surface area (Å²) in [6.45, 7) is 1.74. The lowest BCUT2D eigenvalue weighted by atomic mass is 10.0. The molecule has 0 amide bonds. The Balaban J connectivity index is 1.26. The van der Waals surface area contributed by atoms with Crippen LogP contribution >= 0.6 is 11.6 Å². The Labute approximate surface area is 296 Å². The minimum absolute atomic E-state index is 0.240. The zero-order valence-corrected chi connectivity index (χ0v) is 28.3. The summed E-state index contributed by atoms with van der Waals surface area (Å²) >= 11 is 6.44. The highest BCUT2D eigenvalue weighted by atomic mass is 35.5. The highest BCUT2D eigenvalue weighted by Gasteiger charge is 2.44. The molecule has 0 spiro atoms. The predicted molar refractivity (Wildman–Crippen MR) is 190 cm³/mol. The molecule has 0 saturated carbocycles. The molecule has 50 heavy (non-hydrogen) atoms. The first kappa shape index (κ1) is 34.0. The Morgan fingerprint density at radius 2 is 1.14 bits per heavy atom. The van der Waals surface area contributed by atoms with Gasteiger partial charge in [-0.15, -0.1) is 0 Å². The van der Waals surface area contributed by atoms with E-state index in [2.05, 4.69) is 39.2 Å². The summed E-state index contributed by atoms with van der Waals surface area (Å²) in [6, 6.07) is 40.4. The van der Waals surface area contributed by atoms with Crippen molar-refractivity contribution in [2.45, 2.75) is 63.5 Å². The Morgan fingerprint density at radius 3 is 1.72 bits per heavy atom. The van der Waals surface area contributed by atoms with Gasteiger partial charge in [0.1, 0.15) is 36.4 Å². The second-order valence-electron chi connectivity index (χ2n) is 12.2. The van der Waals surface area contributed by atoms with Crippen LogP contribution in [0.15, 0.2) is 134 Å². The summed E-state index contributed by atoms with van der Waals surface area (Å²) in [5.41, 5.74) is 5.25. The van der Waals surface area contributed by atoms with Crippen molar-refractivity contribution in [2.24, 2.45) is 0 Å². The summed E-state index contributed by atoms with van der Waals surface area (Å²) in [5, 5.41) is 0.273. The smallest absolute Gasteiger partial charge is 0.166 e. The molecule has 6 aromatic rings. The van der Waals surface area contributed by atoms with Crippen LogP contribution in [0.4, 0.5) is 0 Å². The molecule has 1 aliphatic rings. The maximum absolute atomic E-state index is 7.02. The van der Waals surface area contributed by atoms with Crippen molar-refractivity contribution >= 4 is 22.8 Å². The second kappa shape index (κ2) is 17.0. The van der Waals surface area contributed by atoms with Gasteiger partial charge in [0, 0.05) is 6.42 Å². The molecule has 10 heteroatoms. The van der Waals surface area contributed by atoms with E-state index >= 15 is 0 Å². The van der Waals surface area contributed by atoms with Crippen molar-refractivity contribution in [1.29, 1.82) is 0 Å². The van der Waals surface area contributed by atoms with Gasteiger partial charge in [0.25, 0.3) is 0 Å². The van der Waals surface area contributed by atoms with E-state index in [1.54, 1.807) is 6.33 Å². The van der Waals surface area contributed by atoms with Crippen LogP contribution in [-0.4, -0.2) is 50.5 Å². The minimum atomic E-state index is -0.575. The Morgan fingerprint density at radius 1 is 0.620 bits per heavy atom. The third kappa shape index (κ3) is 8.62. The number of ether oxygens (including phenoxy) is 5. The van der Waals surface area contributed by atoms with Gasteiger partial charge in [0.15, 0.2) is 10.8 Å². The number of nitrogens with zero attached hydrogens (tertiary/aromatic N) is 4. The zero-order chi connectivity index (χ0) is 34.0. The number of benzene rings is 4. The molecule has 0 radical (unpaired) electrons. The zero-order valence-electron chi connectivity index (χ0n) is 27.5. The van der Waals surface area contributed by atoms with Gasteiger partial charge in [0.2, 0.25) is 0 Å². The molecule has 0 aliphatic carbocycles. The highest BCUT2D eigenvalue weighted by Crippen LogP contribution is 2.35. The molecule has 0 N–H and O–H groups in total. The van der Waals surface area contributed by atoms with Crippen LogP contribution in [-0.2, 0) is 50.1 Å². The molecule has 7 rings (SSSR count). The molecule has 0 unspecified atom stereocenters. The van der Waals surface area contributed by atoms with Gasteiger partial charge >= 0.3 is 0 Å². The van der Waals surface area contributed by atoms with Crippen LogP contribution in [0.25, 0.3) is 11.2 Å². The standard InChI is InChI=1S/C40H39ClN4O5/c41-39-36-40(43-27-42-39)45(28-44-36)35-21-33(47-23-30-15-7-2-8-16-30)37(48-24-31-17-9-3-10-18-31)38(49-25-32-19-11-4-12-20-32)34(50-35)26-46-22-29-13-5-1-6-14-29/h1-20,27-28,33-35,37-38H,21-26H2/t33-,34+,35+,37+,38-/m0/s1. The summed E-state index contributed by atoms with van der Waals surface area (Å²) in [4.78, 5) is 13.2. The molecule has 3 heterocycles. The van der Waals surface area contributed by atoms with E-state index in [1.165, 1.54) is 6.33 Å². The fourth-order valence-corrected chi connectivity index (χ4v) is 6.36. The van der Waals surface area contributed by atoms with Crippen LogP contribution in [0.1, 0.15) is 34.9 Å². The molecular weight excluding hydrogens is 652 g/mol. The number of hydrogen-bond donors (Lipinski definition) is 0. The summed E-state index contributed by atoms with van der Waals surface area (Å²) in [7, 11) is 0. The molecular formula is C40H39ClN4O5. The monoisotopic (exact) mass is 690 g/mol. The lowest BCUT2D eigenvalue weighted by Crippen LogP contribution is -2.48. The molecule has 2 aromatic heterocycles. The van der Waals surface area contributed by atoms with Gasteiger partial charge in [-0.25, -0.2) is 15.0 Å². The predicted octanol–water partition coefficient (Wildman–Crippen LogP) is 7.74. The van der Waals surface area contributed by atoms with Crippen LogP contribution in [0.5, 0.6) is 0 Å². The van der Waals surface area contributed by atoms with Crippen molar-refractivity contribution in [1.82, 2.24) is 19.5 Å². The second-order valence-corrected chi connectivity index (χ2v) is 12.6. The van der Waals surface area contributed by atoms with Crippen molar-refractivity contribution < 1.29 is 23.7 Å². The topological polar surface area (TPSA) is 89.8 Å². The van der Waals surface area contributed by atoms with Crippen LogP contribution in [0, 0.1) is 0 Å². The van der Waals surface area contributed by atoms with Gasteiger partial charge in [-0.05, 0) is 22.3 Å². The number of imidazole rings is 1. The van der Waals surface area contributed by atoms with E-state index in [-0.39, 0.29) is 11.8 Å². The first-order chi connectivity index (χ1) is 24.7. The molecule has 1 fully saturated rings. The van der Waals surface area contributed by atoms with Crippen LogP contribution in [0.3, 0.4) is 0 Å². The van der Waals surface area contributed by atoms with Gasteiger partial charge in [-0.2, -0.15) is 0 Å². The Bertz CT molecular complexity index is 1900. The molecule has 0 bridgehead atoms. The molecule has 1 aliphatic heterocycles. The third-order valence-corrected chi connectivity index (χ3v) is 8.99. The maximum atomic E-state index is 7.02. The maximum Gasteiger partial charge on any atom is 0.166 e. The van der Waals surface area contributed by atoms with Crippen molar-refractivity contribution in [3.63, 3.8) is 0 Å². The third-order valence-electron chi connectivity index (χ3n) is 8.72. The molecule has 256 valence electrons. The first-order valence-electron chi connectivity index (χ1n) is 16.8. The van der Waals surface area contributed by atoms with Gasteiger partial charge in [-0.3, -0.25) is 4.57 Å². The van der Waals surface area contributed by atoms with E-state index in [9.17, 15) is 0 Å². The van der Waals surface area contributed by atoms with Crippen molar-refractivity contribution in [2.75, 3.05) is 6.61 Å². The summed E-state index contributed by atoms with van der Waals surface area (Å²) in [6.07, 6.45) is 0.842. The van der Waals surface area contributed by atoms with E-state index in [0.717, 1.165) is 22.3 Å². The van der Waals surface area contributed by atoms with Crippen LogP contribution in [0.2, 0.25) is 5.15 Å². The average Bonchev–Trinajstić information content (AvgIpc) is 3.55. The number of halogens is 1. The number of aromatic nitrogens is 4. The molecule has 5 atom stereocenters. The van der Waals surface area contributed by atoms with E-state index in [1.807, 2.05) is 102 Å². The van der Waals surface area contributed by atoms with Gasteiger partial charge in [0.05, 0.1) is 45.5 Å². The lowest BCUT2D eigenvalue weighted by Gasteiger charge is -2.34. The lowest BCUT2D eigenvalue weighted by molar-refractivity contribution is -0.184. The molecule has 9 nitrogen and oxygen atoms in total. The SMILES string of the molecule is Clc1ncnc2c1ncn2[C@H]1C[C@H](OCc2ccccc2)[C@@H](OCc2ccccc2)[C@@H](OCc2ccccc2)[C@@H](COCc2ccccc2)O1.